The van der Waals surface area contributed by atoms with Gasteiger partial charge < -0.3 is 4.90 Å². The van der Waals surface area contributed by atoms with Gasteiger partial charge in [-0.05, 0) is 18.4 Å². The van der Waals surface area contributed by atoms with Gasteiger partial charge in [0, 0.05) is 12.1 Å². The Morgan fingerprint density at radius 1 is 1.47 bits per heavy atom. The van der Waals surface area contributed by atoms with Crippen molar-refractivity contribution in [3.63, 3.8) is 0 Å². The maximum Gasteiger partial charge on any atom is 0.163 e. The summed E-state index contributed by atoms with van der Waals surface area (Å²) in [5, 5.41) is 0.990. The summed E-state index contributed by atoms with van der Waals surface area (Å²) in [6, 6.07) is 7.61. The second-order valence-corrected chi connectivity index (χ2v) is 3.97. The molecule has 0 spiro atoms. The van der Waals surface area contributed by atoms with E-state index >= 15 is 0 Å². The lowest BCUT2D eigenvalue weighted by atomic mass is 10.2. The van der Waals surface area contributed by atoms with Crippen LogP contribution in [0.5, 0.6) is 0 Å². The predicted octanol–water partition coefficient (Wildman–Crippen LogP) is 2.04. The molecule has 0 atom stereocenters. The number of carbonyl (C=O) groups is 1. The summed E-state index contributed by atoms with van der Waals surface area (Å²) in [4.78, 5) is 17.4. The van der Waals surface area contributed by atoms with E-state index in [1.54, 1.807) is 11.8 Å². The Morgan fingerprint density at radius 2 is 2.27 bits per heavy atom. The van der Waals surface area contributed by atoms with Crippen LogP contribution in [0.15, 0.2) is 29.3 Å². The molecule has 0 N–H and O–H groups in total. The quantitative estimate of drug-likeness (QED) is 0.715. The van der Waals surface area contributed by atoms with E-state index in [1.807, 2.05) is 30.5 Å². The van der Waals surface area contributed by atoms with Crippen LogP contribution in [-0.4, -0.2) is 30.8 Å². The van der Waals surface area contributed by atoms with Gasteiger partial charge in [0.25, 0.3) is 0 Å². The fraction of sp³-hybridized carbons (Fsp3) is 0.273. The van der Waals surface area contributed by atoms with E-state index in [-0.39, 0.29) is 0 Å². The zero-order valence-electron chi connectivity index (χ0n) is 8.51. The fourth-order valence-electron chi connectivity index (χ4n) is 1.66. The molecule has 0 saturated carbocycles. The second-order valence-electron chi connectivity index (χ2n) is 3.20. The lowest BCUT2D eigenvalue weighted by Crippen LogP contribution is -2.25. The van der Waals surface area contributed by atoms with Gasteiger partial charge in [-0.15, -0.1) is 0 Å². The first-order chi connectivity index (χ1) is 7.36. The van der Waals surface area contributed by atoms with Crippen LogP contribution in [0.2, 0.25) is 0 Å². The first kappa shape index (κ1) is 10.2. The number of hydrogen-bond donors (Lipinski definition) is 0. The molecular formula is C11H12N2OS. The monoisotopic (exact) mass is 220 g/mol. The second kappa shape index (κ2) is 4.49. The molecule has 3 nitrogen and oxygen atoms in total. The normalized spacial score (nSPS) is 15.3. The molecule has 0 bridgehead atoms. The van der Waals surface area contributed by atoms with E-state index < -0.39 is 0 Å². The molecule has 78 valence electrons. The van der Waals surface area contributed by atoms with Crippen LogP contribution in [0.25, 0.3) is 0 Å². The van der Waals surface area contributed by atoms with Crippen molar-refractivity contribution < 1.29 is 4.79 Å². The lowest BCUT2D eigenvalue weighted by molar-refractivity contribution is 0.112. The topological polar surface area (TPSA) is 32.7 Å². The molecule has 1 aromatic rings. The highest BCUT2D eigenvalue weighted by Crippen LogP contribution is 2.24. The van der Waals surface area contributed by atoms with Crippen molar-refractivity contribution in [2.75, 3.05) is 24.2 Å². The standard InChI is InChI=1S/C11H12N2OS/c1-15-11-12-6-7-13(11)10-5-3-2-4-9(10)8-14/h2-5,8H,6-7H2,1H3. The molecule has 0 aliphatic carbocycles. The largest absolute Gasteiger partial charge is 0.319 e. The average Bonchev–Trinajstić information content (AvgIpc) is 2.76. The van der Waals surface area contributed by atoms with Gasteiger partial charge >= 0.3 is 0 Å². The molecule has 0 amide bonds. The molecule has 1 aliphatic rings. The molecule has 2 rings (SSSR count). The van der Waals surface area contributed by atoms with Crippen LogP contribution in [0.3, 0.4) is 0 Å². The average molecular weight is 220 g/mol. The lowest BCUT2D eigenvalue weighted by Gasteiger charge is -2.20. The van der Waals surface area contributed by atoms with Crippen molar-refractivity contribution in [2.24, 2.45) is 4.99 Å². The summed E-state index contributed by atoms with van der Waals surface area (Å²) in [5.41, 5.74) is 1.68. The third kappa shape index (κ3) is 1.90. The highest BCUT2D eigenvalue weighted by molar-refractivity contribution is 8.13. The number of hydrogen-bond acceptors (Lipinski definition) is 4. The van der Waals surface area contributed by atoms with Crippen LogP contribution in [-0.2, 0) is 0 Å². The van der Waals surface area contributed by atoms with Gasteiger partial charge in [-0.25, -0.2) is 0 Å². The summed E-state index contributed by atoms with van der Waals surface area (Å²) in [7, 11) is 0. The van der Waals surface area contributed by atoms with Gasteiger partial charge in [-0.2, -0.15) is 0 Å². The highest BCUT2D eigenvalue weighted by Gasteiger charge is 2.19. The van der Waals surface area contributed by atoms with Crippen LogP contribution in [0, 0.1) is 0 Å². The molecule has 1 aliphatic heterocycles. The minimum Gasteiger partial charge on any atom is -0.319 e. The molecule has 0 radical (unpaired) electrons. The van der Waals surface area contributed by atoms with E-state index in [2.05, 4.69) is 9.89 Å². The third-order valence-electron chi connectivity index (χ3n) is 2.34. The molecule has 15 heavy (non-hydrogen) atoms. The predicted molar refractivity (Wildman–Crippen MR) is 65.0 cm³/mol. The number of nitrogens with zero attached hydrogens (tertiary/aromatic N) is 2. The Hall–Kier alpha value is -1.29. The molecule has 0 saturated heterocycles. The van der Waals surface area contributed by atoms with E-state index in [9.17, 15) is 4.79 Å². The van der Waals surface area contributed by atoms with Gasteiger partial charge in [-0.1, -0.05) is 23.9 Å². The Morgan fingerprint density at radius 3 is 3.00 bits per heavy atom. The van der Waals surface area contributed by atoms with Gasteiger partial charge in [-0.3, -0.25) is 9.79 Å². The molecule has 0 aromatic heterocycles. The van der Waals surface area contributed by atoms with Gasteiger partial charge in [0.2, 0.25) is 0 Å². The molecule has 4 heteroatoms. The Kier molecular flexibility index (Phi) is 3.06. The zero-order valence-corrected chi connectivity index (χ0v) is 9.33. The maximum absolute atomic E-state index is 10.9. The number of aliphatic imine (C=N–C) groups is 1. The van der Waals surface area contributed by atoms with Crippen molar-refractivity contribution in [3.05, 3.63) is 29.8 Å². The highest BCUT2D eigenvalue weighted by atomic mass is 32.2. The van der Waals surface area contributed by atoms with Crippen LogP contribution in [0.4, 0.5) is 5.69 Å². The van der Waals surface area contributed by atoms with Crippen molar-refractivity contribution in [1.29, 1.82) is 0 Å². The smallest absolute Gasteiger partial charge is 0.163 e. The van der Waals surface area contributed by atoms with Gasteiger partial charge in [0.05, 0.1) is 12.2 Å². The molecule has 1 aromatic carbocycles. The summed E-state index contributed by atoms with van der Waals surface area (Å²) in [6.45, 7) is 1.67. The summed E-state index contributed by atoms with van der Waals surface area (Å²) in [6.07, 6.45) is 2.90. The van der Waals surface area contributed by atoms with Crippen molar-refractivity contribution >= 4 is 28.9 Å². The Balaban J connectivity index is 2.37. The summed E-state index contributed by atoms with van der Waals surface area (Å²) in [5.74, 6) is 0. The zero-order chi connectivity index (χ0) is 10.7. The van der Waals surface area contributed by atoms with Crippen LogP contribution >= 0.6 is 11.8 Å². The van der Waals surface area contributed by atoms with E-state index in [0.717, 1.165) is 35.8 Å². The number of carbonyl (C=O) groups excluding carboxylic acids is 1. The maximum atomic E-state index is 10.9. The first-order valence-corrected chi connectivity index (χ1v) is 5.99. The minimum atomic E-state index is 0.723. The van der Waals surface area contributed by atoms with Crippen molar-refractivity contribution in [2.45, 2.75) is 0 Å². The summed E-state index contributed by atoms with van der Waals surface area (Å²) < 4.78 is 0. The molecule has 0 unspecified atom stereocenters. The number of anilines is 1. The van der Waals surface area contributed by atoms with Gasteiger partial charge in [0.1, 0.15) is 0 Å². The Labute approximate surface area is 93.2 Å². The number of benzene rings is 1. The third-order valence-corrected chi connectivity index (χ3v) is 3.05. The van der Waals surface area contributed by atoms with Crippen molar-refractivity contribution in [1.82, 2.24) is 0 Å². The molecular weight excluding hydrogens is 208 g/mol. The summed E-state index contributed by atoms with van der Waals surface area (Å²) >= 11 is 1.61. The number of rotatable bonds is 2. The van der Waals surface area contributed by atoms with Crippen LogP contribution < -0.4 is 4.90 Å². The fourth-order valence-corrected chi connectivity index (χ4v) is 2.29. The molecule has 1 heterocycles. The van der Waals surface area contributed by atoms with Crippen molar-refractivity contribution in [3.8, 4) is 0 Å². The number of thioether (sulfide) groups is 1. The minimum absolute atomic E-state index is 0.723. The first-order valence-electron chi connectivity index (χ1n) is 4.77. The van der Waals surface area contributed by atoms with E-state index in [4.69, 9.17) is 0 Å². The van der Waals surface area contributed by atoms with E-state index in [1.165, 1.54) is 0 Å². The number of aldehydes is 1. The molecule has 0 fully saturated rings. The van der Waals surface area contributed by atoms with E-state index in [0.29, 0.717) is 0 Å². The van der Waals surface area contributed by atoms with Crippen LogP contribution in [0.1, 0.15) is 10.4 Å². The number of amidine groups is 1. The Bertz CT molecular complexity index is 403. The number of para-hydroxylation sites is 1. The SMILES string of the molecule is CSC1=NCCN1c1ccccc1C=O. The van der Waals surface area contributed by atoms with Gasteiger partial charge in [0.15, 0.2) is 11.5 Å².